The molecule has 4 atom stereocenters. The molecule has 2 unspecified atom stereocenters. The molecule has 3 aliphatic rings. The number of nitrogens with zero attached hydrogens (tertiary/aromatic N) is 3. The molecule has 2 saturated heterocycles. The minimum atomic E-state index is -0.379. The minimum absolute atomic E-state index is 0.0234. The van der Waals surface area contributed by atoms with Crippen LogP contribution in [0.15, 0.2) is 24.9 Å². The first-order valence-corrected chi connectivity index (χ1v) is 9.61. The normalized spacial score (nSPS) is 30.1. The fourth-order valence-corrected chi connectivity index (χ4v) is 4.42. The number of piperidine rings is 1. The second-order valence-electron chi connectivity index (χ2n) is 7.44. The van der Waals surface area contributed by atoms with Crippen LogP contribution in [0.4, 0.5) is 0 Å². The maximum absolute atomic E-state index is 12.9. The largest absolute Gasteiger partial charge is 0.489 e. The molecule has 7 nitrogen and oxygen atoms in total. The molecule has 4 rings (SSSR count). The number of rotatable bonds is 4. The number of aryl methyl sites for hydroxylation is 1. The van der Waals surface area contributed by atoms with Gasteiger partial charge in [-0.25, -0.2) is 4.98 Å². The summed E-state index contributed by atoms with van der Waals surface area (Å²) in [6.45, 7) is 2.83. The maximum Gasteiger partial charge on any atom is 0.274 e. The quantitative estimate of drug-likeness (QED) is 0.891. The van der Waals surface area contributed by atoms with E-state index in [-0.39, 0.29) is 36.0 Å². The molecular weight excluding hydrogens is 332 g/mol. The fraction of sp³-hybridized carbons (Fsp3) is 0.632. The Morgan fingerprint density at radius 1 is 1.27 bits per heavy atom. The van der Waals surface area contributed by atoms with Crippen LogP contribution in [-0.2, 0) is 16.1 Å². The van der Waals surface area contributed by atoms with Gasteiger partial charge in [-0.3, -0.25) is 9.59 Å². The van der Waals surface area contributed by atoms with Gasteiger partial charge in [-0.05, 0) is 51.5 Å². The molecule has 26 heavy (non-hydrogen) atoms. The summed E-state index contributed by atoms with van der Waals surface area (Å²) in [7, 11) is 0. The van der Waals surface area contributed by atoms with Gasteiger partial charge in [0.1, 0.15) is 5.69 Å². The average molecular weight is 358 g/mol. The Bertz CT molecular complexity index is 699. The number of hydrogen-bond donors (Lipinski definition) is 1. The molecule has 3 aliphatic heterocycles. The zero-order valence-corrected chi connectivity index (χ0v) is 15.1. The molecule has 2 amide bonds. The third-order valence-electron chi connectivity index (χ3n) is 5.76. The third kappa shape index (κ3) is 3.22. The smallest absolute Gasteiger partial charge is 0.274 e. The van der Waals surface area contributed by atoms with E-state index in [0.717, 1.165) is 45.1 Å². The lowest BCUT2D eigenvalue weighted by Gasteiger charge is -2.39. The van der Waals surface area contributed by atoms with Crippen LogP contribution < -0.4 is 5.32 Å². The molecule has 140 valence electrons. The van der Waals surface area contributed by atoms with E-state index in [1.54, 1.807) is 12.6 Å². The van der Waals surface area contributed by atoms with Gasteiger partial charge < -0.3 is 19.5 Å². The molecule has 1 aromatic heterocycles. The standard InChI is InChI=1S/C19H26N4O3/c1-2-22-11-16(20-12-22)19(25)23-14-6-7-15(23)10-13(9-14)21-18(24)17-5-3-4-8-26-17/h4,8,11-15,17H,2-3,5-7,9-10H2,1H3,(H,21,24)/t13?,14-,15+,17?. The van der Waals surface area contributed by atoms with Crippen LogP contribution in [0.3, 0.4) is 0 Å². The first kappa shape index (κ1) is 17.1. The van der Waals surface area contributed by atoms with Gasteiger partial charge in [0.05, 0.1) is 12.6 Å². The zero-order chi connectivity index (χ0) is 18.1. The van der Waals surface area contributed by atoms with Gasteiger partial charge in [-0.2, -0.15) is 0 Å². The number of ether oxygens (including phenoxy) is 1. The average Bonchev–Trinajstić information content (AvgIpc) is 3.25. The SMILES string of the molecule is CCn1cnc(C(=O)N2[C@@H]3CC[C@H]2CC(NC(=O)C2CCC=CO2)C3)c1. The van der Waals surface area contributed by atoms with Crippen LogP contribution in [-0.4, -0.2) is 50.5 Å². The van der Waals surface area contributed by atoms with Crippen LogP contribution in [0, 0.1) is 0 Å². The van der Waals surface area contributed by atoms with Crippen molar-refractivity contribution < 1.29 is 14.3 Å². The topological polar surface area (TPSA) is 76.5 Å². The van der Waals surface area contributed by atoms with Crippen LogP contribution >= 0.6 is 0 Å². The molecule has 0 aliphatic carbocycles. The molecule has 1 N–H and O–H groups in total. The third-order valence-corrected chi connectivity index (χ3v) is 5.76. The highest BCUT2D eigenvalue weighted by atomic mass is 16.5. The summed E-state index contributed by atoms with van der Waals surface area (Å²) in [6.07, 6.45) is 11.9. The Morgan fingerprint density at radius 3 is 2.65 bits per heavy atom. The minimum Gasteiger partial charge on any atom is -0.489 e. The lowest BCUT2D eigenvalue weighted by molar-refractivity contribution is -0.131. The highest BCUT2D eigenvalue weighted by Gasteiger charge is 2.44. The monoisotopic (exact) mass is 358 g/mol. The van der Waals surface area contributed by atoms with Crippen molar-refractivity contribution in [1.82, 2.24) is 19.8 Å². The van der Waals surface area contributed by atoms with E-state index in [0.29, 0.717) is 5.69 Å². The predicted molar refractivity (Wildman–Crippen MR) is 95.3 cm³/mol. The number of carbonyl (C=O) groups is 2. The summed E-state index contributed by atoms with van der Waals surface area (Å²) in [6, 6.07) is 0.489. The van der Waals surface area contributed by atoms with Crippen LogP contribution in [0.5, 0.6) is 0 Å². The van der Waals surface area contributed by atoms with Crippen molar-refractivity contribution in [3.63, 3.8) is 0 Å². The number of fused-ring (bicyclic) bond motifs is 2. The maximum atomic E-state index is 12.9. The van der Waals surface area contributed by atoms with Crippen molar-refractivity contribution in [1.29, 1.82) is 0 Å². The molecule has 2 bridgehead atoms. The molecule has 0 spiro atoms. The lowest BCUT2D eigenvalue weighted by atomic mass is 9.96. The van der Waals surface area contributed by atoms with E-state index >= 15 is 0 Å². The molecule has 1 aromatic rings. The molecule has 0 saturated carbocycles. The van der Waals surface area contributed by atoms with Gasteiger partial charge in [-0.1, -0.05) is 0 Å². The van der Waals surface area contributed by atoms with E-state index < -0.39 is 0 Å². The summed E-state index contributed by atoms with van der Waals surface area (Å²) < 4.78 is 7.33. The Labute approximate surface area is 153 Å². The zero-order valence-electron chi connectivity index (χ0n) is 15.1. The van der Waals surface area contributed by atoms with Crippen molar-refractivity contribution in [3.8, 4) is 0 Å². The summed E-state index contributed by atoms with van der Waals surface area (Å²) in [5.41, 5.74) is 0.522. The van der Waals surface area contributed by atoms with E-state index in [4.69, 9.17) is 4.74 Å². The van der Waals surface area contributed by atoms with E-state index in [1.807, 2.05) is 28.7 Å². The van der Waals surface area contributed by atoms with Gasteiger partial charge in [0.2, 0.25) is 0 Å². The second kappa shape index (κ2) is 7.13. The van der Waals surface area contributed by atoms with Gasteiger partial charge >= 0.3 is 0 Å². The summed E-state index contributed by atoms with van der Waals surface area (Å²) in [5, 5.41) is 3.15. The molecule has 2 fully saturated rings. The molecule has 0 aromatic carbocycles. The first-order chi connectivity index (χ1) is 12.7. The van der Waals surface area contributed by atoms with E-state index in [9.17, 15) is 9.59 Å². The summed E-state index contributed by atoms with van der Waals surface area (Å²) in [5.74, 6) is -0.00422. The Kier molecular flexibility index (Phi) is 4.70. The number of amides is 2. The Balaban J connectivity index is 1.38. The number of nitrogens with one attached hydrogen (secondary N) is 1. The summed E-state index contributed by atoms with van der Waals surface area (Å²) in [4.78, 5) is 31.6. The van der Waals surface area contributed by atoms with Crippen LogP contribution in [0.2, 0.25) is 0 Å². The number of imidazole rings is 1. The second-order valence-corrected chi connectivity index (χ2v) is 7.44. The lowest BCUT2D eigenvalue weighted by Crippen LogP contribution is -2.54. The number of hydrogen-bond acceptors (Lipinski definition) is 4. The molecule has 0 radical (unpaired) electrons. The number of carbonyl (C=O) groups excluding carboxylic acids is 2. The van der Waals surface area contributed by atoms with Crippen LogP contribution in [0.1, 0.15) is 55.9 Å². The highest BCUT2D eigenvalue weighted by Crippen LogP contribution is 2.36. The van der Waals surface area contributed by atoms with Crippen molar-refractivity contribution in [2.24, 2.45) is 0 Å². The first-order valence-electron chi connectivity index (χ1n) is 9.61. The molecular formula is C19H26N4O3. The highest BCUT2D eigenvalue weighted by molar-refractivity contribution is 5.93. The molecule has 4 heterocycles. The predicted octanol–water partition coefficient (Wildman–Crippen LogP) is 1.85. The van der Waals surface area contributed by atoms with Gasteiger partial charge in [0.15, 0.2) is 6.10 Å². The number of aromatic nitrogens is 2. The van der Waals surface area contributed by atoms with Crippen molar-refractivity contribution in [3.05, 3.63) is 30.6 Å². The van der Waals surface area contributed by atoms with Crippen molar-refractivity contribution in [2.75, 3.05) is 0 Å². The Hall–Kier alpha value is -2.31. The van der Waals surface area contributed by atoms with Crippen molar-refractivity contribution in [2.45, 2.75) is 76.2 Å². The number of allylic oxidation sites excluding steroid dienone is 1. The summed E-state index contributed by atoms with van der Waals surface area (Å²) >= 11 is 0. The van der Waals surface area contributed by atoms with E-state index in [1.165, 1.54) is 0 Å². The van der Waals surface area contributed by atoms with Crippen LogP contribution in [0.25, 0.3) is 0 Å². The van der Waals surface area contributed by atoms with Gasteiger partial charge in [0, 0.05) is 30.9 Å². The van der Waals surface area contributed by atoms with E-state index in [2.05, 4.69) is 10.3 Å². The molecule has 7 heteroatoms. The van der Waals surface area contributed by atoms with Gasteiger partial charge in [0.25, 0.3) is 11.8 Å². The Morgan fingerprint density at radius 2 is 2.04 bits per heavy atom. The fourth-order valence-electron chi connectivity index (χ4n) is 4.42. The van der Waals surface area contributed by atoms with Crippen molar-refractivity contribution >= 4 is 11.8 Å². The van der Waals surface area contributed by atoms with Gasteiger partial charge in [-0.15, -0.1) is 0 Å².